The zero-order valence-electron chi connectivity index (χ0n) is 7.91. The van der Waals surface area contributed by atoms with Crippen molar-refractivity contribution in [3.63, 3.8) is 0 Å². The predicted molar refractivity (Wildman–Crippen MR) is 56.1 cm³/mol. The number of hydrogen-bond acceptors (Lipinski definition) is 5. The van der Waals surface area contributed by atoms with Gasteiger partial charge in [0.2, 0.25) is 0 Å². The van der Waals surface area contributed by atoms with Crippen molar-refractivity contribution < 1.29 is 4.74 Å². The highest BCUT2D eigenvalue weighted by Gasteiger charge is 2.02. The molecule has 74 valence electrons. The fraction of sp³-hybridized carbons (Fsp3) is 0.625. The Kier molecular flexibility index (Phi) is 3.98. The summed E-state index contributed by atoms with van der Waals surface area (Å²) in [5.41, 5.74) is 5.53. The monoisotopic (exact) mass is 201 g/mol. The second kappa shape index (κ2) is 5.04. The number of ether oxygens (including phenoxy) is 1. The zero-order chi connectivity index (χ0) is 9.68. The quantitative estimate of drug-likeness (QED) is 0.759. The van der Waals surface area contributed by atoms with E-state index >= 15 is 0 Å². The topological polar surface area (TPSA) is 60.2 Å². The number of hydrogen-bond donors (Lipinski definition) is 2. The van der Waals surface area contributed by atoms with Crippen LogP contribution in [0.1, 0.15) is 13.8 Å². The van der Waals surface area contributed by atoms with Crippen LogP contribution in [0.5, 0.6) is 0 Å². The third-order valence-corrected chi connectivity index (χ3v) is 2.30. The van der Waals surface area contributed by atoms with Crippen LogP contribution < -0.4 is 11.1 Å². The molecule has 1 aromatic heterocycles. The van der Waals surface area contributed by atoms with Crippen molar-refractivity contribution in [3.8, 4) is 0 Å². The van der Waals surface area contributed by atoms with Crippen LogP contribution in [-0.2, 0) is 4.74 Å². The molecule has 13 heavy (non-hydrogen) atoms. The molecule has 1 rings (SSSR count). The van der Waals surface area contributed by atoms with Crippen LogP contribution in [0.4, 0.5) is 10.1 Å². The Morgan fingerprint density at radius 3 is 3.08 bits per heavy atom. The first-order valence-electron chi connectivity index (χ1n) is 4.29. The van der Waals surface area contributed by atoms with Gasteiger partial charge in [-0.2, -0.15) is 0 Å². The van der Waals surface area contributed by atoms with Gasteiger partial charge in [-0.05, 0) is 13.8 Å². The summed E-state index contributed by atoms with van der Waals surface area (Å²) in [5, 5.41) is 4.73. The third-order valence-electron chi connectivity index (χ3n) is 1.52. The minimum absolute atomic E-state index is 0.204. The van der Waals surface area contributed by atoms with Crippen molar-refractivity contribution in [2.24, 2.45) is 0 Å². The Balaban J connectivity index is 2.26. The number of rotatable bonds is 5. The Morgan fingerprint density at radius 2 is 2.54 bits per heavy atom. The van der Waals surface area contributed by atoms with Crippen molar-refractivity contribution in [2.45, 2.75) is 20.0 Å². The normalized spacial score (nSPS) is 12.8. The molecular formula is C8H15N3OS. The van der Waals surface area contributed by atoms with E-state index < -0.39 is 0 Å². The Labute approximate surface area is 82.1 Å². The van der Waals surface area contributed by atoms with Gasteiger partial charge in [0, 0.05) is 13.2 Å². The van der Waals surface area contributed by atoms with Crippen molar-refractivity contribution in [1.29, 1.82) is 0 Å². The van der Waals surface area contributed by atoms with E-state index in [2.05, 4.69) is 10.3 Å². The molecule has 0 aliphatic carbocycles. The molecule has 0 saturated heterocycles. The van der Waals surface area contributed by atoms with Crippen molar-refractivity contribution in [1.82, 2.24) is 4.98 Å². The van der Waals surface area contributed by atoms with Crippen LogP contribution in [0.2, 0.25) is 0 Å². The first-order chi connectivity index (χ1) is 6.22. The molecule has 0 fully saturated rings. The van der Waals surface area contributed by atoms with Gasteiger partial charge < -0.3 is 15.8 Å². The lowest BCUT2D eigenvalue weighted by Crippen LogP contribution is -2.19. The van der Waals surface area contributed by atoms with E-state index in [1.807, 2.05) is 13.8 Å². The molecule has 0 radical (unpaired) electrons. The molecule has 0 saturated carbocycles. The van der Waals surface area contributed by atoms with Crippen LogP contribution in [0.3, 0.4) is 0 Å². The highest BCUT2D eigenvalue weighted by Crippen LogP contribution is 2.19. The highest BCUT2D eigenvalue weighted by molar-refractivity contribution is 7.19. The number of nitrogens with two attached hydrogens (primary N) is 1. The van der Waals surface area contributed by atoms with E-state index in [9.17, 15) is 0 Å². The number of thiazole rings is 1. The Morgan fingerprint density at radius 1 is 1.77 bits per heavy atom. The van der Waals surface area contributed by atoms with E-state index in [-0.39, 0.29) is 6.10 Å². The molecule has 0 bridgehead atoms. The van der Waals surface area contributed by atoms with Crippen LogP contribution in [0.25, 0.3) is 0 Å². The smallest absolute Gasteiger partial charge is 0.184 e. The van der Waals surface area contributed by atoms with Gasteiger partial charge in [0.25, 0.3) is 0 Å². The lowest BCUT2D eigenvalue weighted by molar-refractivity contribution is 0.0855. The Hall–Kier alpha value is -0.810. The van der Waals surface area contributed by atoms with Gasteiger partial charge in [-0.15, -0.1) is 0 Å². The molecule has 0 aliphatic heterocycles. The fourth-order valence-electron chi connectivity index (χ4n) is 0.943. The molecule has 1 unspecified atom stereocenters. The van der Waals surface area contributed by atoms with Gasteiger partial charge in [-0.3, -0.25) is 0 Å². The average Bonchev–Trinajstić information content (AvgIpc) is 2.49. The first kappa shape index (κ1) is 10.3. The minimum atomic E-state index is 0.204. The van der Waals surface area contributed by atoms with Gasteiger partial charge in [-0.1, -0.05) is 11.3 Å². The van der Waals surface area contributed by atoms with Crippen molar-refractivity contribution in [2.75, 3.05) is 24.2 Å². The molecule has 0 aromatic carbocycles. The van der Waals surface area contributed by atoms with Gasteiger partial charge in [-0.25, -0.2) is 4.98 Å². The van der Waals surface area contributed by atoms with E-state index in [0.29, 0.717) is 0 Å². The summed E-state index contributed by atoms with van der Waals surface area (Å²) in [6, 6.07) is 0. The molecule has 1 aromatic rings. The first-order valence-corrected chi connectivity index (χ1v) is 5.10. The second-order valence-corrected chi connectivity index (χ2v) is 3.78. The SMILES string of the molecule is CCOC(C)CNc1ncc(N)s1. The summed E-state index contributed by atoms with van der Waals surface area (Å²) < 4.78 is 5.35. The number of nitrogen functional groups attached to an aromatic ring is 1. The molecule has 1 atom stereocenters. The second-order valence-electron chi connectivity index (χ2n) is 2.71. The minimum Gasteiger partial charge on any atom is -0.389 e. The molecule has 3 N–H and O–H groups in total. The fourth-order valence-corrected chi connectivity index (χ4v) is 1.53. The maximum Gasteiger partial charge on any atom is 0.184 e. The van der Waals surface area contributed by atoms with Crippen LogP contribution >= 0.6 is 11.3 Å². The maximum absolute atomic E-state index is 5.53. The van der Waals surface area contributed by atoms with Crippen LogP contribution in [0.15, 0.2) is 6.20 Å². The van der Waals surface area contributed by atoms with Crippen molar-refractivity contribution in [3.05, 3.63) is 6.20 Å². The third kappa shape index (κ3) is 3.61. The highest BCUT2D eigenvalue weighted by atomic mass is 32.1. The van der Waals surface area contributed by atoms with Crippen LogP contribution in [-0.4, -0.2) is 24.2 Å². The summed E-state index contributed by atoms with van der Waals surface area (Å²) in [6.45, 7) is 5.51. The van der Waals surface area contributed by atoms with Gasteiger partial charge in [0.15, 0.2) is 5.13 Å². The number of nitrogens with zero attached hydrogens (tertiary/aromatic N) is 1. The van der Waals surface area contributed by atoms with Crippen molar-refractivity contribution >= 4 is 21.5 Å². The summed E-state index contributed by atoms with van der Waals surface area (Å²) in [7, 11) is 0. The molecule has 0 aliphatic rings. The summed E-state index contributed by atoms with van der Waals surface area (Å²) >= 11 is 1.45. The summed E-state index contributed by atoms with van der Waals surface area (Å²) in [6.07, 6.45) is 1.85. The molecule has 0 spiro atoms. The van der Waals surface area contributed by atoms with Gasteiger partial charge in [0.1, 0.15) is 5.00 Å². The van der Waals surface area contributed by atoms with Gasteiger partial charge in [0.05, 0.1) is 12.3 Å². The lowest BCUT2D eigenvalue weighted by Gasteiger charge is -2.11. The van der Waals surface area contributed by atoms with E-state index in [1.165, 1.54) is 11.3 Å². The maximum atomic E-state index is 5.53. The molecule has 1 heterocycles. The zero-order valence-corrected chi connectivity index (χ0v) is 8.73. The Bertz CT molecular complexity index is 251. The molecule has 0 amide bonds. The number of aromatic nitrogens is 1. The predicted octanol–water partition coefficient (Wildman–Crippen LogP) is 1.56. The van der Waals surface area contributed by atoms with E-state index in [1.54, 1.807) is 6.20 Å². The van der Waals surface area contributed by atoms with E-state index in [4.69, 9.17) is 10.5 Å². The number of anilines is 2. The standard InChI is InChI=1S/C8H15N3OS/c1-3-12-6(2)4-10-8-11-5-7(9)13-8/h5-6H,3-4,9H2,1-2H3,(H,10,11). The molecule has 5 heteroatoms. The molecule has 4 nitrogen and oxygen atoms in total. The van der Waals surface area contributed by atoms with Crippen LogP contribution in [0, 0.1) is 0 Å². The van der Waals surface area contributed by atoms with Gasteiger partial charge >= 0.3 is 0 Å². The summed E-state index contributed by atoms with van der Waals surface area (Å²) in [4.78, 5) is 4.07. The van der Waals surface area contributed by atoms with E-state index in [0.717, 1.165) is 23.3 Å². The summed E-state index contributed by atoms with van der Waals surface area (Å²) in [5.74, 6) is 0. The lowest BCUT2D eigenvalue weighted by atomic mass is 10.4. The molecular weight excluding hydrogens is 186 g/mol. The largest absolute Gasteiger partial charge is 0.389 e. The average molecular weight is 201 g/mol. The number of nitrogens with one attached hydrogen (secondary N) is 1.